The Morgan fingerprint density at radius 2 is 1.70 bits per heavy atom. The van der Waals surface area contributed by atoms with Gasteiger partial charge in [0.05, 0.1) is 5.52 Å². The highest BCUT2D eigenvalue weighted by Gasteiger charge is 2.61. The number of nitrogens with one attached hydrogen (secondary N) is 1. The van der Waals surface area contributed by atoms with Gasteiger partial charge in [0.2, 0.25) is 0 Å². The number of hydrogen-bond donors (Lipinski definition) is 1. The van der Waals surface area contributed by atoms with Gasteiger partial charge in [-0.2, -0.15) is 5.10 Å². The molecule has 40 heavy (non-hydrogen) atoms. The second-order valence-corrected chi connectivity index (χ2v) is 25.9. The third-order valence-corrected chi connectivity index (χ3v) is 12.7. The number of halogens is 1. The van der Waals surface area contributed by atoms with Crippen LogP contribution in [0.15, 0.2) is 12.1 Å². The van der Waals surface area contributed by atoms with Crippen molar-refractivity contribution in [2.75, 3.05) is 25.6 Å². The molecule has 1 N–H and O–H groups in total. The molecule has 1 aromatic carbocycles. The maximum atomic E-state index is 15.3. The van der Waals surface area contributed by atoms with E-state index in [-0.39, 0.29) is 5.82 Å². The van der Waals surface area contributed by atoms with E-state index in [2.05, 4.69) is 63.1 Å². The lowest BCUT2D eigenvalue weighted by Crippen LogP contribution is -2.23. The Balaban J connectivity index is 1.54. The summed E-state index contributed by atoms with van der Waals surface area (Å²) >= 11 is 0. The first kappa shape index (κ1) is 29.5. The van der Waals surface area contributed by atoms with E-state index in [1.165, 1.54) is 17.3 Å². The zero-order valence-electron chi connectivity index (χ0n) is 25.9. The van der Waals surface area contributed by atoms with Crippen molar-refractivity contribution in [2.24, 2.45) is 17.3 Å². The zero-order chi connectivity index (χ0) is 29.0. The summed E-state index contributed by atoms with van der Waals surface area (Å²) in [6, 6.07) is 5.66. The number of aromatic nitrogens is 4. The van der Waals surface area contributed by atoms with Gasteiger partial charge in [-0.15, -0.1) is 0 Å². The van der Waals surface area contributed by atoms with Crippen LogP contribution in [0, 0.1) is 23.1 Å². The molecule has 0 amide bonds. The summed E-state index contributed by atoms with van der Waals surface area (Å²) in [5.41, 5.74) is 5.45. The molecule has 1 saturated carbocycles. The van der Waals surface area contributed by atoms with E-state index < -0.39 is 16.1 Å². The van der Waals surface area contributed by atoms with Gasteiger partial charge in [0.25, 0.3) is 0 Å². The summed E-state index contributed by atoms with van der Waals surface area (Å²) in [4.78, 5) is 4.89. The van der Waals surface area contributed by atoms with Crippen LogP contribution in [0.25, 0.3) is 22.6 Å². The maximum absolute atomic E-state index is 15.3. The molecule has 0 bridgehead atoms. The number of nitrogens with zero attached hydrogens (tertiary/aromatic N) is 4. The van der Waals surface area contributed by atoms with Crippen LogP contribution in [-0.2, 0) is 35.8 Å². The summed E-state index contributed by atoms with van der Waals surface area (Å²) in [5, 5.41) is 8.22. The van der Waals surface area contributed by atoms with Crippen LogP contribution >= 0.6 is 0 Å². The Bertz CT molecular complexity index is 1390. The molecule has 0 aliphatic heterocycles. The molecular weight excluding hydrogens is 538 g/mol. The Hall–Kier alpha value is -2.02. The first-order valence-electron chi connectivity index (χ1n) is 14.8. The largest absolute Gasteiger partial charge is 0.388 e. The molecule has 0 radical (unpaired) electrons. The summed E-state index contributed by atoms with van der Waals surface area (Å²) in [6.45, 7) is 21.1. The lowest BCUT2D eigenvalue weighted by atomic mass is 9.87. The van der Waals surface area contributed by atoms with Crippen LogP contribution in [0.3, 0.4) is 0 Å². The minimum absolute atomic E-state index is 0.314. The van der Waals surface area contributed by atoms with Gasteiger partial charge in [-0.3, -0.25) is 4.57 Å². The van der Waals surface area contributed by atoms with Crippen LogP contribution in [0.1, 0.15) is 25.1 Å². The highest BCUT2D eigenvalue weighted by Crippen LogP contribution is 2.64. The van der Waals surface area contributed by atoms with Gasteiger partial charge in [-0.05, 0) is 54.3 Å². The number of fused-ring (bicyclic) bond motifs is 3. The first-order valence-corrected chi connectivity index (χ1v) is 22.3. The zero-order valence-corrected chi connectivity index (χ0v) is 27.9. The van der Waals surface area contributed by atoms with E-state index in [1.807, 2.05) is 10.6 Å². The fourth-order valence-electron chi connectivity index (χ4n) is 6.13. The predicted octanol–water partition coefficient (Wildman–Crippen LogP) is 7.08. The van der Waals surface area contributed by atoms with Crippen molar-refractivity contribution >= 4 is 32.9 Å². The maximum Gasteiger partial charge on any atom is 0.164 e. The summed E-state index contributed by atoms with van der Waals surface area (Å²) in [6.07, 6.45) is 1.96. The van der Waals surface area contributed by atoms with Crippen molar-refractivity contribution in [3.8, 4) is 11.5 Å². The van der Waals surface area contributed by atoms with Gasteiger partial charge < -0.3 is 14.8 Å². The molecule has 7 nitrogen and oxygen atoms in total. The number of anilines is 1. The van der Waals surface area contributed by atoms with Crippen LogP contribution in [-0.4, -0.2) is 55.7 Å². The van der Waals surface area contributed by atoms with E-state index in [1.54, 1.807) is 7.05 Å². The molecule has 0 spiro atoms. The monoisotopic (exact) mass is 585 g/mol. The van der Waals surface area contributed by atoms with Crippen molar-refractivity contribution in [3.05, 3.63) is 29.2 Å². The minimum Gasteiger partial charge on any atom is -0.388 e. The minimum atomic E-state index is -1.24. The predicted molar refractivity (Wildman–Crippen MR) is 167 cm³/mol. The summed E-state index contributed by atoms with van der Waals surface area (Å²) in [7, 11) is -0.621. The Morgan fingerprint density at radius 1 is 1.05 bits per heavy atom. The highest BCUT2D eigenvalue weighted by atomic mass is 28.3. The normalized spacial score (nSPS) is 22.4. The molecule has 2 aromatic heterocycles. The molecule has 2 aliphatic carbocycles. The SMILES string of the molecule is CNc1cc(F)c2nc(-c3nn(COCC[Si](C)(C)C)c4c3C[C@@H]3[C@H](C)[C@]3(C)C4)n(COCC[Si](C)(C)C)c2c1. The molecule has 0 unspecified atom stereocenters. The van der Waals surface area contributed by atoms with Crippen LogP contribution < -0.4 is 5.32 Å². The smallest absolute Gasteiger partial charge is 0.164 e. The number of imidazole rings is 1. The summed E-state index contributed by atoms with van der Waals surface area (Å²) < 4.78 is 31.8. The Labute approximate surface area is 240 Å². The van der Waals surface area contributed by atoms with E-state index in [9.17, 15) is 0 Å². The van der Waals surface area contributed by atoms with Crippen molar-refractivity contribution in [1.29, 1.82) is 0 Å². The summed E-state index contributed by atoms with van der Waals surface area (Å²) in [5.74, 6) is 1.66. The van der Waals surface area contributed by atoms with Gasteiger partial charge in [-0.25, -0.2) is 14.1 Å². The molecule has 2 aliphatic rings. The third kappa shape index (κ3) is 5.82. The molecule has 3 atom stereocenters. The van der Waals surface area contributed by atoms with Gasteiger partial charge in [0.15, 0.2) is 11.6 Å². The van der Waals surface area contributed by atoms with Crippen LogP contribution in [0.2, 0.25) is 51.4 Å². The third-order valence-electron chi connectivity index (χ3n) is 9.26. The number of ether oxygens (including phenoxy) is 2. The van der Waals surface area contributed by atoms with E-state index in [0.29, 0.717) is 54.3 Å². The molecule has 1 fully saturated rings. The molecule has 2 heterocycles. The lowest BCUT2D eigenvalue weighted by molar-refractivity contribution is 0.0755. The van der Waals surface area contributed by atoms with E-state index in [0.717, 1.165) is 42.7 Å². The second-order valence-electron chi connectivity index (χ2n) is 14.7. The molecule has 0 saturated heterocycles. The number of benzene rings is 1. The average molecular weight is 586 g/mol. The standard InChI is InChI=1S/C30H48FN5O2Si2/c1-20-23-16-22-26(17-30(20,23)2)36(19-38-11-13-40(7,8)9)34-27(22)29-33-28-24(31)14-21(32-3)15-25(28)35(29)18-37-10-12-39(4,5)6/h14-15,20,23,32H,10-13,16-19H2,1-9H3/t20-,23+,30-/m0/s1. The second kappa shape index (κ2) is 10.7. The Morgan fingerprint density at radius 3 is 2.33 bits per heavy atom. The molecule has 5 rings (SSSR count). The van der Waals surface area contributed by atoms with Gasteiger partial charge in [-0.1, -0.05) is 53.1 Å². The van der Waals surface area contributed by atoms with Gasteiger partial charge in [0.1, 0.15) is 24.7 Å². The van der Waals surface area contributed by atoms with Crippen LogP contribution in [0.4, 0.5) is 10.1 Å². The number of rotatable bonds is 12. The highest BCUT2D eigenvalue weighted by molar-refractivity contribution is 6.76. The molecule has 3 aromatic rings. The van der Waals surface area contributed by atoms with Crippen molar-refractivity contribution < 1.29 is 13.9 Å². The van der Waals surface area contributed by atoms with Gasteiger partial charge in [0, 0.05) is 53.4 Å². The van der Waals surface area contributed by atoms with E-state index in [4.69, 9.17) is 19.6 Å². The Kier molecular flexibility index (Phi) is 7.86. The molecular formula is C30H48FN5O2Si2. The van der Waals surface area contributed by atoms with Crippen LogP contribution in [0.5, 0.6) is 0 Å². The topological polar surface area (TPSA) is 66.1 Å². The first-order chi connectivity index (χ1) is 18.7. The quantitative estimate of drug-likeness (QED) is 0.182. The average Bonchev–Trinajstić information content (AvgIpc) is 3.13. The fraction of sp³-hybridized carbons (Fsp3) is 0.667. The van der Waals surface area contributed by atoms with Crippen molar-refractivity contribution in [2.45, 2.75) is 91.5 Å². The molecule has 10 heteroatoms. The van der Waals surface area contributed by atoms with Gasteiger partial charge >= 0.3 is 0 Å². The lowest BCUT2D eigenvalue weighted by Gasteiger charge is -2.21. The van der Waals surface area contributed by atoms with E-state index >= 15 is 4.39 Å². The van der Waals surface area contributed by atoms with Crippen molar-refractivity contribution in [1.82, 2.24) is 19.3 Å². The fourth-order valence-corrected chi connectivity index (χ4v) is 7.64. The molecule has 220 valence electrons. The van der Waals surface area contributed by atoms with Crippen molar-refractivity contribution in [3.63, 3.8) is 0 Å². The number of hydrogen-bond acceptors (Lipinski definition) is 5.